The minimum atomic E-state index is -0.172. The van der Waals surface area contributed by atoms with Gasteiger partial charge in [0.1, 0.15) is 0 Å². The van der Waals surface area contributed by atoms with Crippen molar-refractivity contribution < 1.29 is 0 Å². The van der Waals surface area contributed by atoms with Crippen molar-refractivity contribution in [1.29, 1.82) is 0 Å². The second-order valence-electron chi connectivity index (χ2n) is 8.47. The van der Waals surface area contributed by atoms with Gasteiger partial charge in [0, 0.05) is 5.54 Å². The third kappa shape index (κ3) is 3.44. The zero-order chi connectivity index (χ0) is 15.0. The van der Waals surface area contributed by atoms with Crippen LogP contribution in [0.4, 0.5) is 0 Å². The van der Waals surface area contributed by atoms with Gasteiger partial charge in [-0.15, -0.1) is 0 Å². The molecule has 0 radical (unpaired) electrons. The first-order valence-corrected chi connectivity index (χ1v) is 8.04. The number of nitrogens with two attached hydrogens (primary N) is 1. The van der Waals surface area contributed by atoms with E-state index in [1.54, 1.807) is 0 Å². The second kappa shape index (κ2) is 5.18. The number of benzene rings is 1. The van der Waals surface area contributed by atoms with E-state index < -0.39 is 0 Å². The molecule has 0 atom stereocenters. The minimum absolute atomic E-state index is 0.172. The SMILES string of the molecule is CCCc1cccc(C2(N)CC(C)(C)CC(C)(C)C2)c1. The van der Waals surface area contributed by atoms with E-state index in [0.29, 0.717) is 10.8 Å². The Morgan fingerprint density at radius 2 is 1.60 bits per heavy atom. The van der Waals surface area contributed by atoms with Crippen molar-refractivity contribution in [2.75, 3.05) is 0 Å². The molecule has 1 saturated carbocycles. The lowest BCUT2D eigenvalue weighted by Gasteiger charge is -2.50. The molecule has 112 valence electrons. The van der Waals surface area contributed by atoms with Crippen molar-refractivity contribution in [3.05, 3.63) is 35.4 Å². The monoisotopic (exact) mass is 273 g/mol. The van der Waals surface area contributed by atoms with E-state index in [1.807, 2.05) is 0 Å². The van der Waals surface area contributed by atoms with Crippen LogP contribution in [0, 0.1) is 10.8 Å². The Kier molecular flexibility index (Phi) is 4.03. The first-order chi connectivity index (χ1) is 9.16. The zero-order valence-electron chi connectivity index (χ0n) is 13.9. The standard InChI is InChI=1S/C19H31N/c1-6-8-15-9-7-10-16(11-15)19(20)13-17(2,3)12-18(4,5)14-19/h7,9-11H,6,8,12-14,20H2,1-5H3. The van der Waals surface area contributed by atoms with Gasteiger partial charge >= 0.3 is 0 Å². The predicted octanol–water partition coefficient (Wildman–Crippen LogP) is 5.03. The molecule has 0 aromatic heterocycles. The van der Waals surface area contributed by atoms with Crippen molar-refractivity contribution >= 4 is 0 Å². The van der Waals surface area contributed by atoms with Gasteiger partial charge in [0.15, 0.2) is 0 Å². The van der Waals surface area contributed by atoms with Crippen LogP contribution in [0.5, 0.6) is 0 Å². The molecule has 2 rings (SSSR count). The number of rotatable bonds is 3. The van der Waals surface area contributed by atoms with E-state index in [2.05, 4.69) is 58.9 Å². The van der Waals surface area contributed by atoms with Crippen molar-refractivity contribution in [1.82, 2.24) is 0 Å². The molecule has 2 N–H and O–H groups in total. The summed E-state index contributed by atoms with van der Waals surface area (Å²) in [7, 11) is 0. The van der Waals surface area contributed by atoms with Crippen molar-refractivity contribution in [2.45, 2.75) is 72.3 Å². The third-order valence-corrected chi connectivity index (χ3v) is 4.59. The summed E-state index contributed by atoms with van der Waals surface area (Å²) in [4.78, 5) is 0. The van der Waals surface area contributed by atoms with E-state index in [-0.39, 0.29) is 5.54 Å². The van der Waals surface area contributed by atoms with Crippen LogP contribution in [0.15, 0.2) is 24.3 Å². The highest BCUT2D eigenvalue weighted by Crippen LogP contribution is 2.52. The van der Waals surface area contributed by atoms with Crippen LogP contribution >= 0.6 is 0 Å². The summed E-state index contributed by atoms with van der Waals surface area (Å²) in [6, 6.07) is 9.00. The first kappa shape index (κ1) is 15.6. The lowest BCUT2D eigenvalue weighted by molar-refractivity contribution is 0.0470. The Bertz CT molecular complexity index is 454. The molecule has 0 unspecified atom stereocenters. The van der Waals surface area contributed by atoms with Gasteiger partial charge in [-0.3, -0.25) is 0 Å². The average molecular weight is 273 g/mol. The lowest BCUT2D eigenvalue weighted by atomic mass is 9.57. The molecule has 20 heavy (non-hydrogen) atoms. The summed E-state index contributed by atoms with van der Waals surface area (Å²) in [5, 5.41) is 0. The van der Waals surface area contributed by atoms with Crippen LogP contribution in [-0.2, 0) is 12.0 Å². The fourth-order valence-corrected chi connectivity index (χ4v) is 4.72. The Hall–Kier alpha value is -0.820. The van der Waals surface area contributed by atoms with Gasteiger partial charge in [-0.1, -0.05) is 65.3 Å². The molecule has 0 saturated heterocycles. The van der Waals surface area contributed by atoms with Crippen molar-refractivity contribution in [3.8, 4) is 0 Å². The van der Waals surface area contributed by atoms with Crippen LogP contribution in [0.3, 0.4) is 0 Å². The van der Waals surface area contributed by atoms with E-state index in [1.165, 1.54) is 24.0 Å². The second-order valence-corrected chi connectivity index (χ2v) is 8.47. The third-order valence-electron chi connectivity index (χ3n) is 4.59. The average Bonchev–Trinajstić information content (AvgIpc) is 2.25. The lowest BCUT2D eigenvalue weighted by Crippen LogP contribution is -2.49. The zero-order valence-corrected chi connectivity index (χ0v) is 13.9. The Labute approximate surface area is 125 Å². The largest absolute Gasteiger partial charge is 0.321 e. The molecule has 1 aromatic carbocycles. The normalized spacial score (nSPS) is 23.5. The molecule has 1 fully saturated rings. The van der Waals surface area contributed by atoms with Gasteiger partial charge in [0.2, 0.25) is 0 Å². The molecule has 1 aliphatic carbocycles. The summed E-state index contributed by atoms with van der Waals surface area (Å²) < 4.78 is 0. The highest BCUT2D eigenvalue weighted by atomic mass is 14.8. The molecule has 0 amide bonds. The highest BCUT2D eigenvalue weighted by Gasteiger charge is 2.46. The molecule has 1 aromatic rings. The molecule has 1 aliphatic rings. The molecular formula is C19H31N. The summed E-state index contributed by atoms with van der Waals surface area (Å²) in [5.41, 5.74) is 10.1. The predicted molar refractivity (Wildman–Crippen MR) is 87.7 cm³/mol. The number of hydrogen-bond acceptors (Lipinski definition) is 1. The van der Waals surface area contributed by atoms with Crippen LogP contribution in [-0.4, -0.2) is 0 Å². The van der Waals surface area contributed by atoms with Crippen LogP contribution in [0.2, 0.25) is 0 Å². The summed E-state index contributed by atoms with van der Waals surface area (Å²) in [6.45, 7) is 11.7. The molecule has 0 spiro atoms. The Balaban J connectivity index is 2.36. The van der Waals surface area contributed by atoms with Crippen molar-refractivity contribution in [2.24, 2.45) is 16.6 Å². The van der Waals surface area contributed by atoms with Gasteiger partial charge in [0.05, 0.1) is 0 Å². The van der Waals surface area contributed by atoms with Crippen LogP contribution < -0.4 is 5.73 Å². The number of hydrogen-bond donors (Lipinski definition) is 1. The summed E-state index contributed by atoms with van der Waals surface area (Å²) >= 11 is 0. The fourth-order valence-electron chi connectivity index (χ4n) is 4.72. The topological polar surface area (TPSA) is 26.0 Å². The molecule has 0 bridgehead atoms. The van der Waals surface area contributed by atoms with Crippen molar-refractivity contribution in [3.63, 3.8) is 0 Å². The van der Waals surface area contributed by atoms with Crippen LogP contribution in [0.1, 0.15) is 71.4 Å². The van der Waals surface area contributed by atoms with E-state index in [4.69, 9.17) is 5.73 Å². The van der Waals surface area contributed by atoms with Gasteiger partial charge in [-0.05, 0) is 47.6 Å². The Morgan fingerprint density at radius 1 is 1.00 bits per heavy atom. The summed E-state index contributed by atoms with van der Waals surface area (Å²) in [5.74, 6) is 0. The fraction of sp³-hybridized carbons (Fsp3) is 0.684. The van der Waals surface area contributed by atoms with Crippen LogP contribution in [0.25, 0.3) is 0 Å². The molecular weight excluding hydrogens is 242 g/mol. The van der Waals surface area contributed by atoms with Gasteiger partial charge in [-0.25, -0.2) is 0 Å². The van der Waals surface area contributed by atoms with E-state index in [9.17, 15) is 0 Å². The summed E-state index contributed by atoms with van der Waals surface area (Å²) in [6.07, 6.45) is 5.76. The highest BCUT2D eigenvalue weighted by molar-refractivity contribution is 5.31. The number of aryl methyl sites for hydroxylation is 1. The van der Waals surface area contributed by atoms with E-state index >= 15 is 0 Å². The smallest absolute Gasteiger partial charge is 0.0419 e. The first-order valence-electron chi connectivity index (χ1n) is 8.04. The molecule has 1 heteroatoms. The Morgan fingerprint density at radius 3 is 2.15 bits per heavy atom. The van der Waals surface area contributed by atoms with E-state index in [0.717, 1.165) is 19.3 Å². The maximum absolute atomic E-state index is 6.90. The quantitative estimate of drug-likeness (QED) is 0.821. The maximum Gasteiger partial charge on any atom is 0.0419 e. The van der Waals surface area contributed by atoms with Gasteiger partial charge in [0.25, 0.3) is 0 Å². The molecule has 1 nitrogen and oxygen atoms in total. The van der Waals surface area contributed by atoms with Gasteiger partial charge < -0.3 is 5.73 Å². The van der Waals surface area contributed by atoms with Gasteiger partial charge in [-0.2, -0.15) is 0 Å². The minimum Gasteiger partial charge on any atom is -0.321 e. The maximum atomic E-state index is 6.90. The molecule has 0 aliphatic heterocycles. The molecule has 0 heterocycles.